The molecule has 4 rings (SSSR count). The number of benzene rings is 2. The number of amides is 12. The molecule has 2 heterocycles. The molecule has 2 aromatic rings. The Morgan fingerprint density at radius 2 is 1.26 bits per heavy atom. The monoisotopic (exact) mass is 1450 g/mol. The fraction of sp³-hybridized carbons (Fsp3) is 0.658. The molecule has 2 aromatic carbocycles. The molecule has 12 atom stereocenters. The van der Waals surface area contributed by atoms with Gasteiger partial charge in [-0.1, -0.05) is 111 Å². The summed E-state index contributed by atoms with van der Waals surface area (Å²) in [5.74, 6) is -6.15. The molecule has 1 fully saturated rings. The summed E-state index contributed by atoms with van der Waals surface area (Å²) in [5.41, 5.74) is 6.78. The summed E-state index contributed by atoms with van der Waals surface area (Å²) in [6.07, 6.45) is 1.24. The number of nitrogens with one attached hydrogen (secondary N) is 6. The highest BCUT2D eigenvalue weighted by molar-refractivity contribution is 6.12. The number of hydrogen-bond acceptors (Lipinski definition) is 19. The Kier molecular flexibility index (Phi) is 38.3. The van der Waals surface area contributed by atoms with E-state index in [1.807, 2.05) is 32.0 Å². The van der Waals surface area contributed by atoms with Crippen molar-refractivity contribution in [3.8, 4) is 0 Å². The Bertz CT molecular complexity index is 3050. The SMILES string of the molecule is CC[C@H](C)[C@@H](C(CC(=O)N1CCC[C@H]1[C@H](OC)[C@@H](C)C(=O)N[C@H](C)[C@@H](O)c1ccccc1)OC)N(C)C(=O)[C@@H](NC(=O)[C@H](C(C)C)N(C)C(=O)OCc1ccc(NC(=O)[C@H](CCCNC(N)=O)NC(=O)[C@@H](NC(=O)CCOCCOCCOCCOCCN2C(=O)C=CC2=O)C(C)C)cc1)C(C)C. The van der Waals surface area contributed by atoms with Gasteiger partial charge in [0, 0.05) is 65.7 Å². The summed E-state index contributed by atoms with van der Waals surface area (Å²) in [5, 5.41) is 27.6. The van der Waals surface area contributed by atoms with Crippen molar-refractivity contribution in [2.45, 2.75) is 181 Å². The van der Waals surface area contributed by atoms with Gasteiger partial charge in [0.25, 0.3) is 11.8 Å². The van der Waals surface area contributed by atoms with Crippen molar-refractivity contribution < 1.29 is 91.0 Å². The van der Waals surface area contributed by atoms with Crippen LogP contribution in [0.5, 0.6) is 0 Å². The van der Waals surface area contributed by atoms with Crippen molar-refractivity contribution in [1.29, 1.82) is 0 Å². The Morgan fingerprint density at radius 1 is 0.670 bits per heavy atom. The van der Waals surface area contributed by atoms with Gasteiger partial charge in [0.05, 0.1) is 108 Å². The minimum Gasteiger partial charge on any atom is -0.445 e. The number of rotatable bonds is 47. The molecule has 0 bridgehead atoms. The van der Waals surface area contributed by atoms with Crippen LogP contribution < -0.4 is 37.6 Å². The van der Waals surface area contributed by atoms with Gasteiger partial charge in [0.1, 0.15) is 30.8 Å². The zero-order chi connectivity index (χ0) is 76.5. The number of ether oxygens (including phenoxy) is 7. The zero-order valence-corrected chi connectivity index (χ0v) is 62.6. The molecule has 9 N–H and O–H groups in total. The highest BCUT2D eigenvalue weighted by Crippen LogP contribution is 2.31. The number of likely N-dealkylation sites (N-methyl/N-ethyl adjacent to an activating group) is 2. The lowest BCUT2D eigenvalue weighted by molar-refractivity contribution is -0.148. The van der Waals surface area contributed by atoms with Crippen LogP contribution in [0.1, 0.15) is 131 Å². The highest BCUT2D eigenvalue weighted by Gasteiger charge is 2.44. The van der Waals surface area contributed by atoms with E-state index in [4.69, 9.17) is 38.9 Å². The fourth-order valence-corrected chi connectivity index (χ4v) is 12.4. The lowest BCUT2D eigenvalue weighted by Crippen LogP contribution is -2.60. The van der Waals surface area contributed by atoms with Crippen molar-refractivity contribution in [2.75, 3.05) is 106 Å². The van der Waals surface area contributed by atoms with Crippen LogP contribution >= 0.6 is 0 Å². The summed E-state index contributed by atoms with van der Waals surface area (Å²) in [6.45, 7) is 20.3. The van der Waals surface area contributed by atoms with Crippen molar-refractivity contribution in [1.82, 2.24) is 46.2 Å². The van der Waals surface area contributed by atoms with E-state index in [2.05, 4.69) is 31.9 Å². The van der Waals surface area contributed by atoms with E-state index in [1.165, 1.54) is 38.3 Å². The topological polar surface area (TPSA) is 384 Å². The number of aliphatic hydroxyl groups excluding tert-OH is 1. The van der Waals surface area contributed by atoms with Gasteiger partial charge in [-0.2, -0.15) is 0 Å². The van der Waals surface area contributed by atoms with Crippen molar-refractivity contribution in [2.24, 2.45) is 35.3 Å². The second kappa shape index (κ2) is 45.2. The Balaban J connectivity index is 1.30. The number of aliphatic hydroxyl groups is 1. The van der Waals surface area contributed by atoms with Crippen LogP contribution in [0.25, 0.3) is 0 Å². The van der Waals surface area contributed by atoms with Gasteiger partial charge in [-0.3, -0.25) is 53.0 Å². The normalized spacial score (nSPS) is 16.9. The smallest absolute Gasteiger partial charge is 0.410 e. The average Bonchev–Trinajstić information content (AvgIpc) is 1.79. The lowest BCUT2D eigenvalue weighted by Gasteiger charge is -2.41. The van der Waals surface area contributed by atoms with Crippen molar-refractivity contribution >= 4 is 71.0 Å². The first-order valence-corrected chi connectivity index (χ1v) is 35.7. The van der Waals surface area contributed by atoms with Gasteiger partial charge >= 0.3 is 12.1 Å². The number of carbonyl (C=O) groups excluding carboxylic acids is 11. The standard InChI is InChI=1S/C73H115N11O19/c1-15-48(8)64(56(97-13)43-60(88)83-33-20-24-55(83)66(98-14)49(9)67(90)76-50(10)65(89)52-21-17-16-18-22-52)81(11)71(94)62(46(4)5)80-70(93)63(47(6)7)82(12)73(96)103-44-51-25-27-53(28-26-51)77-68(91)54(23-19-32-75-72(74)95)78-69(92)61(45(2)3)79-57(85)31-35-99-37-39-101-41-42-102-40-38-100-36-34-84-58(86)29-30-59(84)87/h16-18,21-22,25-30,45-50,54-56,61-66,89H,15,19-20,23-24,31-44H2,1-14H3,(H,76,90)(H,77,91)(H,78,92)(H,79,85)(H,80,93)(H3,74,75,95)/t48-,49+,50+,54-,55-,56?,61-,62-,63-,64-,65+,66+/m0/s1. The van der Waals surface area contributed by atoms with Gasteiger partial charge in [-0.05, 0) is 79.5 Å². The Morgan fingerprint density at radius 3 is 1.82 bits per heavy atom. The van der Waals surface area contributed by atoms with E-state index in [-0.39, 0.29) is 121 Å². The van der Waals surface area contributed by atoms with Crippen LogP contribution in [0, 0.1) is 29.6 Å². The van der Waals surface area contributed by atoms with Gasteiger partial charge < -0.3 is 85.7 Å². The molecule has 30 nitrogen and oxygen atoms in total. The third-order valence-electron chi connectivity index (χ3n) is 18.5. The number of anilines is 1. The molecule has 2 aliphatic heterocycles. The zero-order valence-electron chi connectivity index (χ0n) is 62.6. The van der Waals surface area contributed by atoms with Crippen LogP contribution in [-0.4, -0.2) is 245 Å². The molecule has 0 aromatic heterocycles. The summed E-state index contributed by atoms with van der Waals surface area (Å²) in [6, 6.07) is 8.66. The van der Waals surface area contributed by atoms with Gasteiger partial charge in [-0.15, -0.1) is 0 Å². The van der Waals surface area contributed by atoms with E-state index < -0.39 is 126 Å². The molecule has 0 saturated carbocycles. The van der Waals surface area contributed by atoms with Crippen LogP contribution in [-0.2, 0) is 82.9 Å². The summed E-state index contributed by atoms with van der Waals surface area (Å²) < 4.78 is 39.7. The summed E-state index contributed by atoms with van der Waals surface area (Å²) in [4.78, 5) is 152. The van der Waals surface area contributed by atoms with Crippen LogP contribution in [0.2, 0.25) is 0 Å². The number of nitrogens with two attached hydrogens (primary N) is 1. The Hall–Kier alpha value is -8.13. The molecule has 2 aliphatic rings. The molecule has 103 heavy (non-hydrogen) atoms. The van der Waals surface area contributed by atoms with Crippen LogP contribution in [0.15, 0.2) is 66.7 Å². The van der Waals surface area contributed by atoms with Crippen LogP contribution in [0.3, 0.4) is 0 Å². The average molecular weight is 1450 g/mol. The molecule has 0 radical (unpaired) electrons. The first kappa shape index (κ1) is 87.3. The summed E-state index contributed by atoms with van der Waals surface area (Å²) in [7, 11) is 6.07. The molecule has 30 heteroatoms. The van der Waals surface area contributed by atoms with Crippen LogP contribution in [0.4, 0.5) is 15.3 Å². The lowest BCUT2D eigenvalue weighted by atomic mass is 9.89. The number of carbonyl (C=O) groups is 11. The van der Waals surface area contributed by atoms with E-state index in [0.717, 1.165) is 4.90 Å². The predicted molar refractivity (Wildman–Crippen MR) is 383 cm³/mol. The largest absolute Gasteiger partial charge is 0.445 e. The van der Waals surface area contributed by atoms with E-state index >= 15 is 0 Å². The predicted octanol–water partition coefficient (Wildman–Crippen LogP) is 3.97. The summed E-state index contributed by atoms with van der Waals surface area (Å²) >= 11 is 0. The minimum absolute atomic E-state index is 0.0398. The van der Waals surface area contributed by atoms with Gasteiger partial charge in [0.2, 0.25) is 41.4 Å². The molecule has 1 unspecified atom stereocenters. The maximum Gasteiger partial charge on any atom is 0.410 e. The minimum atomic E-state index is -1.13. The second-order valence-electron chi connectivity index (χ2n) is 27.2. The maximum atomic E-state index is 14.8. The third-order valence-corrected chi connectivity index (χ3v) is 18.5. The van der Waals surface area contributed by atoms with E-state index in [0.29, 0.717) is 49.2 Å². The molecule has 12 amide bonds. The van der Waals surface area contributed by atoms with E-state index in [1.54, 1.807) is 109 Å². The maximum absolute atomic E-state index is 14.8. The quantitative estimate of drug-likeness (QED) is 0.0343. The number of hydrogen-bond donors (Lipinski definition) is 8. The molecule has 576 valence electrons. The Labute approximate surface area is 606 Å². The van der Waals surface area contributed by atoms with Gasteiger partial charge in [-0.25, -0.2) is 9.59 Å². The fourth-order valence-electron chi connectivity index (χ4n) is 12.4. The number of urea groups is 1. The number of imide groups is 1. The first-order valence-electron chi connectivity index (χ1n) is 35.7. The molecular weight excluding hydrogens is 1330 g/mol. The van der Waals surface area contributed by atoms with E-state index in [9.17, 15) is 57.8 Å². The number of nitrogens with zero attached hydrogens (tertiary/aromatic N) is 4. The molecular formula is C73H115N11O19. The molecule has 0 spiro atoms. The molecule has 1 saturated heterocycles. The number of likely N-dealkylation sites (tertiary alicyclic amines) is 1. The molecule has 0 aliphatic carbocycles. The number of methoxy groups -OCH3 is 2. The first-order chi connectivity index (χ1) is 49.0. The second-order valence-corrected chi connectivity index (χ2v) is 27.2. The highest BCUT2D eigenvalue weighted by atomic mass is 16.6. The van der Waals surface area contributed by atoms with Crippen molar-refractivity contribution in [3.05, 3.63) is 77.9 Å². The third kappa shape index (κ3) is 28.1. The van der Waals surface area contributed by atoms with Crippen molar-refractivity contribution in [3.63, 3.8) is 0 Å². The van der Waals surface area contributed by atoms with Gasteiger partial charge in [0.15, 0.2) is 0 Å². The number of primary amides is 1.